The van der Waals surface area contributed by atoms with Crippen molar-refractivity contribution < 1.29 is 49.7 Å². The van der Waals surface area contributed by atoms with Crippen LogP contribution < -0.4 is 29.6 Å². The van der Waals surface area contributed by atoms with Crippen molar-refractivity contribution in [3.05, 3.63) is 191 Å². The van der Waals surface area contributed by atoms with E-state index in [1.165, 1.54) is 35.4 Å². The predicted octanol–water partition coefficient (Wildman–Crippen LogP) is 13.1. The van der Waals surface area contributed by atoms with Gasteiger partial charge in [-0.1, -0.05) is 78.9 Å². The third-order valence-electron chi connectivity index (χ3n) is 11.9. The number of hydrogen-bond donors (Lipinski definition) is 2. The zero-order valence-electron chi connectivity index (χ0n) is 39.0. The lowest BCUT2D eigenvalue weighted by atomic mass is 9.78. The molecule has 0 aromatic heterocycles. The molecular weight excluding hydrogens is 900 g/mol. The number of aryl methyl sites for hydroxylation is 1. The average Bonchev–Trinajstić information content (AvgIpc) is 3.83. The second kappa shape index (κ2) is 25.5. The van der Waals surface area contributed by atoms with Gasteiger partial charge in [0.2, 0.25) is 6.79 Å². The highest BCUT2D eigenvalue weighted by Crippen LogP contribution is 2.37. The SMILES string of the molecule is CN(C)CCC(Oc1ccc(C(F)(F)F)cc1)c1ccccc1.CNCCC(Oc1ccc(C(F)(F)F)cc1)c1ccccc1.Fc1ccc([C@@H]2CCNC[C@H]2CCc2ccc3c(c2)OCO3)cc1. The van der Waals surface area contributed by atoms with E-state index in [9.17, 15) is 30.7 Å². The Morgan fingerprint density at radius 1 is 0.667 bits per heavy atom. The van der Waals surface area contributed by atoms with Crippen molar-refractivity contribution in [3.8, 4) is 23.0 Å². The first-order valence-corrected chi connectivity index (χ1v) is 23.1. The Morgan fingerprint density at radius 3 is 1.72 bits per heavy atom. The molecule has 6 aromatic rings. The zero-order valence-corrected chi connectivity index (χ0v) is 39.0. The maximum atomic E-state index is 13.2. The molecule has 0 bridgehead atoms. The minimum atomic E-state index is -4.33. The number of fused-ring (bicyclic) bond motifs is 1. The molecule has 368 valence electrons. The summed E-state index contributed by atoms with van der Waals surface area (Å²) in [5.41, 5.74) is 3.20. The maximum Gasteiger partial charge on any atom is 0.416 e. The molecule has 14 heteroatoms. The second-order valence-electron chi connectivity index (χ2n) is 17.2. The third kappa shape index (κ3) is 16.5. The number of nitrogens with zero attached hydrogens (tertiary/aromatic N) is 1. The van der Waals surface area contributed by atoms with Crippen LogP contribution in [0.25, 0.3) is 0 Å². The van der Waals surface area contributed by atoms with Crippen LogP contribution in [0.15, 0.2) is 152 Å². The van der Waals surface area contributed by atoms with Gasteiger partial charge >= 0.3 is 12.4 Å². The number of alkyl halides is 6. The molecule has 1 fully saturated rings. The van der Waals surface area contributed by atoms with E-state index in [-0.39, 0.29) is 18.0 Å². The highest BCUT2D eigenvalue weighted by molar-refractivity contribution is 5.44. The lowest BCUT2D eigenvalue weighted by Gasteiger charge is -2.32. The van der Waals surface area contributed by atoms with Gasteiger partial charge < -0.3 is 34.5 Å². The van der Waals surface area contributed by atoms with Gasteiger partial charge in [0.15, 0.2) is 11.5 Å². The normalized spacial score (nSPS) is 16.3. The second-order valence-corrected chi connectivity index (χ2v) is 17.2. The van der Waals surface area contributed by atoms with E-state index in [2.05, 4.69) is 22.8 Å². The molecule has 1 saturated heterocycles. The van der Waals surface area contributed by atoms with E-state index in [1.807, 2.05) is 105 Å². The van der Waals surface area contributed by atoms with E-state index in [0.29, 0.717) is 30.1 Å². The van der Waals surface area contributed by atoms with Gasteiger partial charge in [-0.15, -0.1) is 0 Å². The molecule has 2 aliphatic heterocycles. The topological polar surface area (TPSA) is 64.2 Å². The molecule has 2 aliphatic rings. The Bertz CT molecular complexity index is 2400. The van der Waals surface area contributed by atoms with Crippen molar-refractivity contribution in [2.75, 3.05) is 54.1 Å². The summed E-state index contributed by atoms with van der Waals surface area (Å²) in [6.07, 6.45) is -4.36. The number of ether oxygens (including phenoxy) is 4. The summed E-state index contributed by atoms with van der Waals surface area (Å²) < 4.78 is 111. The summed E-state index contributed by atoms with van der Waals surface area (Å²) in [5.74, 6) is 3.45. The summed E-state index contributed by atoms with van der Waals surface area (Å²) >= 11 is 0. The van der Waals surface area contributed by atoms with Crippen LogP contribution >= 0.6 is 0 Å². The van der Waals surface area contributed by atoms with Gasteiger partial charge in [0.25, 0.3) is 0 Å². The Kier molecular flexibility index (Phi) is 19.3. The largest absolute Gasteiger partial charge is 0.486 e. The predicted molar refractivity (Wildman–Crippen MR) is 255 cm³/mol. The van der Waals surface area contributed by atoms with Crippen LogP contribution in [0.1, 0.15) is 77.2 Å². The third-order valence-corrected chi connectivity index (χ3v) is 11.9. The lowest BCUT2D eigenvalue weighted by Crippen LogP contribution is -2.35. The van der Waals surface area contributed by atoms with Gasteiger partial charge in [-0.3, -0.25) is 0 Å². The molecule has 4 atom stereocenters. The van der Waals surface area contributed by atoms with Crippen LogP contribution in [0, 0.1) is 11.7 Å². The summed E-state index contributed by atoms with van der Waals surface area (Å²) in [4.78, 5) is 2.05. The first kappa shape index (κ1) is 52.3. The van der Waals surface area contributed by atoms with Crippen molar-refractivity contribution in [2.45, 2.75) is 62.6 Å². The quantitative estimate of drug-likeness (QED) is 0.0937. The van der Waals surface area contributed by atoms with Crippen molar-refractivity contribution >= 4 is 0 Å². The summed E-state index contributed by atoms with van der Waals surface area (Å²) in [6.45, 7) is 3.94. The van der Waals surface area contributed by atoms with E-state index < -0.39 is 23.5 Å². The minimum Gasteiger partial charge on any atom is -0.486 e. The van der Waals surface area contributed by atoms with Crippen LogP contribution in [-0.2, 0) is 18.8 Å². The molecule has 8 rings (SSSR count). The van der Waals surface area contributed by atoms with Gasteiger partial charge in [0.1, 0.15) is 29.5 Å². The maximum absolute atomic E-state index is 13.2. The van der Waals surface area contributed by atoms with Crippen molar-refractivity contribution in [2.24, 2.45) is 5.92 Å². The van der Waals surface area contributed by atoms with E-state index in [0.717, 1.165) is 105 Å². The fourth-order valence-electron chi connectivity index (χ4n) is 8.17. The molecule has 0 radical (unpaired) electrons. The fraction of sp³-hybridized carbons (Fsp3) is 0.345. The van der Waals surface area contributed by atoms with Crippen molar-refractivity contribution in [1.82, 2.24) is 15.5 Å². The van der Waals surface area contributed by atoms with Gasteiger partial charge in [-0.2, -0.15) is 26.3 Å². The van der Waals surface area contributed by atoms with Gasteiger partial charge in [0.05, 0.1) is 11.1 Å². The summed E-state index contributed by atoms with van der Waals surface area (Å²) in [5, 5.41) is 6.56. The van der Waals surface area contributed by atoms with Crippen LogP contribution in [0.4, 0.5) is 30.7 Å². The molecular formula is C55H60F7N3O4. The number of hydrogen-bond acceptors (Lipinski definition) is 7. The summed E-state index contributed by atoms with van der Waals surface area (Å²) in [7, 11) is 5.79. The number of halogens is 7. The number of nitrogens with one attached hydrogen (secondary N) is 2. The standard InChI is InChI=1S/C20H22FNO2.C18H20F3NO.C17H18F3NO/c21-17-6-4-15(5-7-17)18-9-10-22-12-16(18)3-1-14-2-8-19-20(11-14)24-13-23-19;1-22(2)13-12-17(14-6-4-3-5-7-14)23-16-10-8-15(9-11-16)18(19,20)21;1-21-12-11-16(13-5-3-2-4-6-13)22-15-9-7-14(8-10-15)17(18,19)20/h2,4-8,11,16,18,22H,1,3,9-10,12-13H2;3-11,17H,12-13H2,1-2H3;2-10,16,21H,11-12H2,1H3/t16-,18+;;/m1../s1. The molecule has 0 saturated carbocycles. The van der Waals surface area contributed by atoms with Crippen LogP contribution in [0.3, 0.4) is 0 Å². The zero-order chi connectivity index (χ0) is 49.2. The monoisotopic (exact) mass is 959 g/mol. The van der Waals surface area contributed by atoms with Gasteiger partial charge in [-0.05, 0) is 167 Å². The van der Waals surface area contributed by atoms with E-state index in [4.69, 9.17) is 18.9 Å². The van der Waals surface area contributed by atoms with Crippen LogP contribution in [0.2, 0.25) is 0 Å². The van der Waals surface area contributed by atoms with Crippen LogP contribution in [0.5, 0.6) is 23.0 Å². The molecule has 0 amide bonds. The Labute approximate surface area is 400 Å². The first-order valence-electron chi connectivity index (χ1n) is 23.1. The van der Waals surface area contributed by atoms with Crippen LogP contribution in [-0.4, -0.2) is 59.0 Å². The number of benzene rings is 6. The molecule has 69 heavy (non-hydrogen) atoms. The van der Waals surface area contributed by atoms with Crippen molar-refractivity contribution in [3.63, 3.8) is 0 Å². The highest BCUT2D eigenvalue weighted by atomic mass is 19.4. The lowest BCUT2D eigenvalue weighted by molar-refractivity contribution is -0.138. The molecule has 2 unspecified atom stereocenters. The fourth-order valence-corrected chi connectivity index (χ4v) is 8.17. The Morgan fingerprint density at radius 2 is 1.20 bits per heavy atom. The number of piperidine rings is 1. The van der Waals surface area contributed by atoms with Gasteiger partial charge in [-0.25, -0.2) is 4.39 Å². The smallest absolute Gasteiger partial charge is 0.416 e. The molecule has 2 heterocycles. The van der Waals surface area contributed by atoms with E-state index in [1.54, 1.807) is 12.1 Å². The Balaban J connectivity index is 0.000000170. The number of rotatable bonds is 16. The first-order chi connectivity index (χ1) is 33.2. The Hall–Kier alpha value is -6.09. The molecule has 0 aliphatic carbocycles. The molecule has 0 spiro atoms. The molecule has 2 N–H and O–H groups in total. The summed E-state index contributed by atoms with van der Waals surface area (Å²) in [6, 6.07) is 42.2. The highest BCUT2D eigenvalue weighted by Gasteiger charge is 2.31. The molecule has 7 nitrogen and oxygen atoms in total. The van der Waals surface area contributed by atoms with Gasteiger partial charge in [0, 0.05) is 19.4 Å². The van der Waals surface area contributed by atoms with E-state index >= 15 is 0 Å². The molecule has 6 aromatic carbocycles. The van der Waals surface area contributed by atoms with Crippen molar-refractivity contribution in [1.29, 1.82) is 0 Å². The average molecular weight is 960 g/mol. The minimum absolute atomic E-state index is 0.162.